The maximum atomic E-state index is 12.1. The molecule has 0 fully saturated rings. The number of hydrogen-bond acceptors (Lipinski definition) is 1. The van der Waals surface area contributed by atoms with Gasteiger partial charge in [0.2, 0.25) is 0 Å². The van der Waals surface area contributed by atoms with E-state index in [4.69, 9.17) is 11.6 Å². The highest BCUT2D eigenvalue weighted by atomic mass is 35.5. The van der Waals surface area contributed by atoms with Crippen molar-refractivity contribution in [3.05, 3.63) is 64.7 Å². The van der Waals surface area contributed by atoms with Gasteiger partial charge in [0, 0.05) is 10.7 Å². The number of aryl methyl sites for hydroxylation is 1. The van der Waals surface area contributed by atoms with Crippen LogP contribution < -0.4 is 10.6 Å². The van der Waals surface area contributed by atoms with E-state index in [2.05, 4.69) is 10.6 Å². The minimum atomic E-state index is -0.206. The first-order valence-corrected chi connectivity index (χ1v) is 7.36. The second-order valence-corrected chi connectivity index (χ2v) is 5.42. The number of benzene rings is 2. The van der Waals surface area contributed by atoms with Crippen molar-refractivity contribution in [1.29, 1.82) is 0 Å². The summed E-state index contributed by atoms with van der Waals surface area (Å²) in [6.45, 7) is 4.03. The molecular weight excluding hydrogens is 284 g/mol. The van der Waals surface area contributed by atoms with E-state index in [0.29, 0.717) is 5.02 Å². The van der Waals surface area contributed by atoms with Crippen molar-refractivity contribution in [2.24, 2.45) is 0 Å². The molecule has 0 aliphatic rings. The van der Waals surface area contributed by atoms with Crippen LogP contribution in [0.1, 0.15) is 30.5 Å². The first-order valence-electron chi connectivity index (χ1n) is 6.98. The first-order chi connectivity index (χ1) is 10.1. The van der Waals surface area contributed by atoms with Crippen molar-refractivity contribution < 1.29 is 4.79 Å². The Hall–Kier alpha value is -2.00. The molecule has 0 saturated heterocycles. The molecule has 0 bridgehead atoms. The highest BCUT2D eigenvalue weighted by Crippen LogP contribution is 2.19. The van der Waals surface area contributed by atoms with Crippen LogP contribution in [-0.2, 0) is 0 Å². The first kappa shape index (κ1) is 15.4. The molecule has 2 N–H and O–H groups in total. The molecule has 2 aromatic rings. The van der Waals surface area contributed by atoms with Crippen LogP contribution in [0, 0.1) is 6.92 Å². The van der Waals surface area contributed by atoms with E-state index >= 15 is 0 Å². The van der Waals surface area contributed by atoms with E-state index in [1.54, 1.807) is 0 Å². The Kier molecular flexibility index (Phi) is 5.23. The Morgan fingerprint density at radius 1 is 1.19 bits per heavy atom. The smallest absolute Gasteiger partial charge is 0.319 e. The second kappa shape index (κ2) is 7.14. The molecule has 2 amide bonds. The SMILES string of the molecule is CC[C@H](NC(=O)Nc1cccc(C)c1)c1ccc(Cl)cc1. The van der Waals surface area contributed by atoms with Gasteiger partial charge in [0.15, 0.2) is 0 Å². The summed E-state index contributed by atoms with van der Waals surface area (Å²) in [5.41, 5.74) is 2.94. The number of urea groups is 1. The average Bonchev–Trinajstić information content (AvgIpc) is 2.46. The monoisotopic (exact) mass is 302 g/mol. The maximum absolute atomic E-state index is 12.1. The molecule has 0 unspecified atom stereocenters. The topological polar surface area (TPSA) is 41.1 Å². The zero-order valence-corrected chi connectivity index (χ0v) is 12.9. The Morgan fingerprint density at radius 2 is 1.90 bits per heavy atom. The molecule has 0 heterocycles. The van der Waals surface area contributed by atoms with Gasteiger partial charge >= 0.3 is 6.03 Å². The Balaban J connectivity index is 2.01. The average molecular weight is 303 g/mol. The minimum Gasteiger partial charge on any atom is -0.331 e. The predicted octanol–water partition coefficient (Wildman–Crippen LogP) is 4.92. The molecule has 0 aliphatic heterocycles. The van der Waals surface area contributed by atoms with Gasteiger partial charge in [-0.2, -0.15) is 0 Å². The van der Waals surface area contributed by atoms with Crippen LogP contribution in [0.5, 0.6) is 0 Å². The van der Waals surface area contributed by atoms with Gasteiger partial charge in [-0.1, -0.05) is 42.8 Å². The number of halogens is 1. The van der Waals surface area contributed by atoms with Crippen LogP contribution in [0.3, 0.4) is 0 Å². The molecule has 0 radical (unpaired) electrons. The van der Waals surface area contributed by atoms with Gasteiger partial charge in [0.1, 0.15) is 0 Å². The normalized spacial score (nSPS) is 11.8. The van der Waals surface area contributed by atoms with Crippen LogP contribution in [0.25, 0.3) is 0 Å². The van der Waals surface area contributed by atoms with E-state index in [-0.39, 0.29) is 12.1 Å². The standard InChI is InChI=1S/C17H19ClN2O/c1-3-16(13-7-9-14(18)10-8-13)20-17(21)19-15-6-4-5-12(2)11-15/h4-11,16H,3H2,1-2H3,(H2,19,20,21)/t16-/m0/s1. The molecule has 4 heteroatoms. The van der Waals surface area contributed by atoms with E-state index in [9.17, 15) is 4.79 Å². The fourth-order valence-electron chi connectivity index (χ4n) is 2.16. The second-order valence-electron chi connectivity index (χ2n) is 4.98. The number of anilines is 1. The van der Waals surface area contributed by atoms with Crippen molar-refractivity contribution in [3.8, 4) is 0 Å². The molecule has 0 saturated carbocycles. The lowest BCUT2D eigenvalue weighted by molar-refractivity contribution is 0.248. The van der Waals surface area contributed by atoms with Crippen molar-refractivity contribution in [1.82, 2.24) is 5.32 Å². The molecule has 2 aromatic carbocycles. The number of carbonyl (C=O) groups excluding carboxylic acids is 1. The van der Waals surface area contributed by atoms with Crippen molar-refractivity contribution >= 4 is 23.3 Å². The van der Waals surface area contributed by atoms with E-state index in [1.165, 1.54) is 0 Å². The fourth-order valence-corrected chi connectivity index (χ4v) is 2.29. The summed E-state index contributed by atoms with van der Waals surface area (Å²) in [7, 11) is 0. The van der Waals surface area contributed by atoms with Crippen molar-refractivity contribution in [2.75, 3.05) is 5.32 Å². The fraction of sp³-hybridized carbons (Fsp3) is 0.235. The molecule has 2 rings (SSSR count). The predicted molar refractivity (Wildman–Crippen MR) is 87.8 cm³/mol. The van der Waals surface area contributed by atoms with Crippen LogP contribution in [0.4, 0.5) is 10.5 Å². The summed E-state index contributed by atoms with van der Waals surface area (Å²) in [5, 5.41) is 6.52. The largest absolute Gasteiger partial charge is 0.331 e. The number of nitrogens with one attached hydrogen (secondary N) is 2. The number of carbonyl (C=O) groups is 1. The van der Waals surface area contributed by atoms with Crippen molar-refractivity contribution in [3.63, 3.8) is 0 Å². The quantitative estimate of drug-likeness (QED) is 0.827. The van der Waals surface area contributed by atoms with Gasteiger partial charge in [-0.05, 0) is 48.7 Å². The summed E-state index contributed by atoms with van der Waals surface area (Å²) >= 11 is 5.89. The molecule has 1 atom stereocenters. The molecule has 21 heavy (non-hydrogen) atoms. The summed E-state index contributed by atoms with van der Waals surface area (Å²) in [6, 6.07) is 15.0. The molecule has 0 aromatic heterocycles. The maximum Gasteiger partial charge on any atom is 0.319 e. The van der Waals surface area contributed by atoms with Crippen LogP contribution in [0.15, 0.2) is 48.5 Å². The Bertz CT molecular complexity index is 610. The highest BCUT2D eigenvalue weighted by Gasteiger charge is 2.12. The van der Waals surface area contributed by atoms with E-state index in [0.717, 1.165) is 23.2 Å². The Morgan fingerprint density at radius 3 is 2.52 bits per heavy atom. The summed E-state index contributed by atoms with van der Waals surface area (Å²) < 4.78 is 0. The molecule has 110 valence electrons. The summed E-state index contributed by atoms with van der Waals surface area (Å²) in [4.78, 5) is 12.1. The molecule has 0 aliphatic carbocycles. The van der Waals surface area contributed by atoms with Crippen LogP contribution in [0.2, 0.25) is 5.02 Å². The molecule has 3 nitrogen and oxygen atoms in total. The van der Waals surface area contributed by atoms with Crippen molar-refractivity contribution in [2.45, 2.75) is 26.3 Å². The van der Waals surface area contributed by atoms with Gasteiger partial charge in [-0.15, -0.1) is 0 Å². The third kappa shape index (κ3) is 4.50. The third-order valence-corrected chi connectivity index (χ3v) is 3.51. The number of rotatable bonds is 4. The van der Waals surface area contributed by atoms with Gasteiger partial charge < -0.3 is 10.6 Å². The third-order valence-electron chi connectivity index (χ3n) is 3.26. The molecule has 0 spiro atoms. The summed E-state index contributed by atoms with van der Waals surface area (Å²) in [6.07, 6.45) is 0.808. The summed E-state index contributed by atoms with van der Waals surface area (Å²) in [5.74, 6) is 0. The van der Waals surface area contributed by atoms with Gasteiger partial charge in [-0.3, -0.25) is 0 Å². The number of amides is 2. The lowest BCUT2D eigenvalue weighted by Crippen LogP contribution is -2.32. The number of hydrogen-bond donors (Lipinski definition) is 2. The van der Waals surface area contributed by atoms with Gasteiger partial charge in [0.25, 0.3) is 0 Å². The van der Waals surface area contributed by atoms with Crippen LogP contribution in [-0.4, -0.2) is 6.03 Å². The highest BCUT2D eigenvalue weighted by molar-refractivity contribution is 6.30. The molecular formula is C17H19ClN2O. The van der Waals surface area contributed by atoms with Gasteiger partial charge in [-0.25, -0.2) is 4.79 Å². The van der Waals surface area contributed by atoms with Gasteiger partial charge in [0.05, 0.1) is 6.04 Å². The van der Waals surface area contributed by atoms with E-state index in [1.807, 2.05) is 62.4 Å². The Labute approximate surface area is 130 Å². The zero-order chi connectivity index (χ0) is 15.2. The zero-order valence-electron chi connectivity index (χ0n) is 12.2. The van der Waals surface area contributed by atoms with E-state index < -0.39 is 0 Å². The minimum absolute atomic E-state index is 0.0351. The lowest BCUT2D eigenvalue weighted by Gasteiger charge is -2.18. The lowest BCUT2D eigenvalue weighted by atomic mass is 10.1. The van der Waals surface area contributed by atoms with Crippen LogP contribution >= 0.6 is 11.6 Å².